The summed E-state index contributed by atoms with van der Waals surface area (Å²) in [5, 5.41) is 8.66. The third kappa shape index (κ3) is 2.43. The number of unbranched alkanes of at least 4 members (excludes halogenated alkanes) is 1. The molecule has 1 aromatic carbocycles. The average Bonchev–Trinajstić information content (AvgIpc) is 2.76. The maximum Gasteiger partial charge on any atom is 0.113 e. The van der Waals surface area contributed by atoms with Crippen LogP contribution in [0.25, 0.3) is 11.3 Å². The van der Waals surface area contributed by atoms with Gasteiger partial charge in [0, 0.05) is 5.56 Å². The quantitative estimate of drug-likeness (QED) is 0.761. The van der Waals surface area contributed by atoms with Crippen molar-refractivity contribution in [1.82, 2.24) is 15.0 Å². The van der Waals surface area contributed by atoms with Gasteiger partial charge in [0.2, 0.25) is 0 Å². The topological polar surface area (TPSA) is 30.7 Å². The van der Waals surface area contributed by atoms with Crippen LogP contribution in [0.5, 0.6) is 0 Å². The van der Waals surface area contributed by atoms with Crippen molar-refractivity contribution in [2.45, 2.75) is 26.3 Å². The molecule has 0 amide bonds. The molecule has 1 aromatic heterocycles. The van der Waals surface area contributed by atoms with Gasteiger partial charge in [0.15, 0.2) is 0 Å². The molecule has 0 bridgehead atoms. The first-order valence-electron chi connectivity index (χ1n) is 5.35. The lowest BCUT2D eigenvalue weighted by Crippen LogP contribution is -2.01. The van der Waals surface area contributed by atoms with Gasteiger partial charge in [-0.2, -0.15) is 15.0 Å². The van der Waals surface area contributed by atoms with E-state index in [-0.39, 0.29) is 0 Å². The number of hydrogen-bond donors (Lipinski definition) is 0. The summed E-state index contributed by atoms with van der Waals surface area (Å²) < 4.78 is 0. The molecule has 0 spiro atoms. The Morgan fingerprint density at radius 3 is 2.73 bits per heavy atom. The van der Waals surface area contributed by atoms with Crippen LogP contribution in [0.1, 0.15) is 19.8 Å². The van der Waals surface area contributed by atoms with E-state index in [1.807, 2.05) is 36.5 Å². The first-order chi connectivity index (χ1) is 7.40. The molecule has 0 saturated carbocycles. The standard InChI is InChI=1S/C12H15N3/c1-2-3-9-15-13-10-12(14-15)11-7-5-4-6-8-11/h4-8,10H,2-3,9H2,1H3. The zero-order valence-electron chi connectivity index (χ0n) is 8.93. The van der Waals surface area contributed by atoms with Crippen LogP contribution in [-0.2, 0) is 6.54 Å². The summed E-state index contributed by atoms with van der Waals surface area (Å²) in [4.78, 5) is 1.77. The van der Waals surface area contributed by atoms with Gasteiger partial charge in [0.05, 0.1) is 12.7 Å². The first-order valence-corrected chi connectivity index (χ1v) is 5.35. The predicted molar refractivity (Wildman–Crippen MR) is 60.4 cm³/mol. The molecule has 0 aliphatic heterocycles. The molecule has 0 aliphatic rings. The summed E-state index contributed by atoms with van der Waals surface area (Å²) in [7, 11) is 0. The van der Waals surface area contributed by atoms with Gasteiger partial charge in [-0.3, -0.25) is 0 Å². The van der Waals surface area contributed by atoms with Crippen molar-refractivity contribution in [1.29, 1.82) is 0 Å². The second kappa shape index (κ2) is 4.73. The van der Waals surface area contributed by atoms with E-state index in [0.29, 0.717) is 0 Å². The van der Waals surface area contributed by atoms with E-state index in [1.54, 1.807) is 4.80 Å². The summed E-state index contributed by atoms with van der Waals surface area (Å²) in [6.07, 6.45) is 4.12. The Kier molecular flexibility index (Phi) is 3.12. The minimum Gasteiger partial charge on any atom is -0.184 e. The van der Waals surface area contributed by atoms with Gasteiger partial charge < -0.3 is 0 Å². The van der Waals surface area contributed by atoms with Gasteiger partial charge >= 0.3 is 0 Å². The minimum absolute atomic E-state index is 0.906. The molecule has 2 aromatic rings. The third-order valence-electron chi connectivity index (χ3n) is 2.32. The van der Waals surface area contributed by atoms with E-state index in [2.05, 4.69) is 17.1 Å². The fourth-order valence-corrected chi connectivity index (χ4v) is 1.45. The fourth-order valence-electron chi connectivity index (χ4n) is 1.45. The highest BCUT2D eigenvalue weighted by Gasteiger charge is 2.01. The third-order valence-corrected chi connectivity index (χ3v) is 2.32. The van der Waals surface area contributed by atoms with E-state index >= 15 is 0 Å². The summed E-state index contributed by atoms with van der Waals surface area (Å²) in [6.45, 7) is 3.07. The zero-order chi connectivity index (χ0) is 10.5. The molecule has 1 heterocycles. The lowest BCUT2D eigenvalue weighted by atomic mass is 10.2. The van der Waals surface area contributed by atoms with Crippen LogP contribution in [0.2, 0.25) is 0 Å². The van der Waals surface area contributed by atoms with Crippen molar-refractivity contribution in [2.75, 3.05) is 0 Å². The zero-order valence-corrected chi connectivity index (χ0v) is 8.93. The average molecular weight is 201 g/mol. The highest BCUT2D eigenvalue weighted by Crippen LogP contribution is 2.14. The van der Waals surface area contributed by atoms with Gasteiger partial charge in [0.25, 0.3) is 0 Å². The molecule has 0 fully saturated rings. The number of hydrogen-bond acceptors (Lipinski definition) is 2. The molecule has 2 rings (SSSR count). The van der Waals surface area contributed by atoms with Crippen LogP contribution in [-0.4, -0.2) is 15.0 Å². The molecule has 3 heteroatoms. The monoisotopic (exact) mass is 201 g/mol. The Balaban J connectivity index is 2.14. The van der Waals surface area contributed by atoms with Crippen LogP contribution in [0.4, 0.5) is 0 Å². The van der Waals surface area contributed by atoms with Crippen LogP contribution >= 0.6 is 0 Å². The number of aryl methyl sites for hydroxylation is 1. The molecule has 0 atom stereocenters. The fraction of sp³-hybridized carbons (Fsp3) is 0.333. The maximum atomic E-state index is 4.42. The summed E-state index contributed by atoms with van der Waals surface area (Å²) in [5.41, 5.74) is 2.08. The van der Waals surface area contributed by atoms with Crippen LogP contribution in [0.3, 0.4) is 0 Å². The molecular formula is C12H15N3. The van der Waals surface area contributed by atoms with Crippen molar-refractivity contribution in [3.63, 3.8) is 0 Å². The molecule has 78 valence electrons. The Labute approximate surface area is 89.7 Å². The number of rotatable bonds is 4. The van der Waals surface area contributed by atoms with E-state index in [0.717, 1.165) is 24.2 Å². The lowest BCUT2D eigenvalue weighted by molar-refractivity contribution is 0.509. The van der Waals surface area contributed by atoms with Gasteiger partial charge in [-0.15, -0.1) is 0 Å². The van der Waals surface area contributed by atoms with Crippen LogP contribution < -0.4 is 0 Å². The number of benzene rings is 1. The second-order valence-corrected chi connectivity index (χ2v) is 3.55. The van der Waals surface area contributed by atoms with Crippen molar-refractivity contribution in [3.05, 3.63) is 36.5 Å². The summed E-state index contributed by atoms with van der Waals surface area (Å²) >= 11 is 0. The Morgan fingerprint density at radius 2 is 2.00 bits per heavy atom. The lowest BCUT2D eigenvalue weighted by Gasteiger charge is -1.96. The number of nitrogens with zero attached hydrogens (tertiary/aromatic N) is 3. The van der Waals surface area contributed by atoms with E-state index in [4.69, 9.17) is 0 Å². The van der Waals surface area contributed by atoms with Crippen LogP contribution in [0.15, 0.2) is 36.5 Å². The molecule has 0 saturated heterocycles. The van der Waals surface area contributed by atoms with E-state index in [9.17, 15) is 0 Å². The minimum atomic E-state index is 0.906. The SMILES string of the molecule is CCCCn1ncc(-c2ccccc2)n1. The van der Waals surface area contributed by atoms with Crippen molar-refractivity contribution in [3.8, 4) is 11.3 Å². The second-order valence-electron chi connectivity index (χ2n) is 3.55. The van der Waals surface area contributed by atoms with Crippen molar-refractivity contribution < 1.29 is 0 Å². The Bertz CT molecular complexity index is 406. The van der Waals surface area contributed by atoms with Crippen molar-refractivity contribution >= 4 is 0 Å². The highest BCUT2D eigenvalue weighted by atomic mass is 15.5. The highest BCUT2D eigenvalue weighted by molar-refractivity contribution is 5.56. The molecular weight excluding hydrogens is 186 g/mol. The molecule has 3 nitrogen and oxygen atoms in total. The maximum absolute atomic E-state index is 4.42. The largest absolute Gasteiger partial charge is 0.184 e. The van der Waals surface area contributed by atoms with Gasteiger partial charge in [-0.1, -0.05) is 43.7 Å². The van der Waals surface area contributed by atoms with Gasteiger partial charge in [-0.25, -0.2) is 0 Å². The van der Waals surface area contributed by atoms with E-state index < -0.39 is 0 Å². The van der Waals surface area contributed by atoms with Gasteiger partial charge in [-0.05, 0) is 6.42 Å². The molecule has 0 unspecified atom stereocenters. The molecule has 0 radical (unpaired) electrons. The summed E-state index contributed by atoms with van der Waals surface area (Å²) in [5.74, 6) is 0. The Morgan fingerprint density at radius 1 is 1.20 bits per heavy atom. The first kappa shape index (κ1) is 9.90. The molecule has 0 aliphatic carbocycles. The van der Waals surface area contributed by atoms with Gasteiger partial charge in [0.1, 0.15) is 5.69 Å². The Hall–Kier alpha value is -1.64. The van der Waals surface area contributed by atoms with Crippen molar-refractivity contribution in [2.24, 2.45) is 0 Å². The predicted octanol–water partition coefficient (Wildman–Crippen LogP) is 2.75. The van der Waals surface area contributed by atoms with E-state index in [1.165, 1.54) is 6.42 Å². The summed E-state index contributed by atoms with van der Waals surface area (Å²) in [6, 6.07) is 10.1. The molecule has 0 N–H and O–H groups in total. The smallest absolute Gasteiger partial charge is 0.113 e. The number of aromatic nitrogens is 3. The normalized spacial score (nSPS) is 10.5. The van der Waals surface area contributed by atoms with Crippen LogP contribution in [0, 0.1) is 0 Å². The molecule has 15 heavy (non-hydrogen) atoms.